The van der Waals surface area contributed by atoms with Crippen molar-refractivity contribution in [3.8, 4) is 0 Å². The lowest BCUT2D eigenvalue weighted by Gasteiger charge is -2.11. The van der Waals surface area contributed by atoms with E-state index in [1.807, 2.05) is 12.3 Å². The van der Waals surface area contributed by atoms with Crippen LogP contribution in [0.15, 0.2) is 33.6 Å². The third-order valence-electron chi connectivity index (χ3n) is 3.71. The van der Waals surface area contributed by atoms with E-state index in [0.29, 0.717) is 16.7 Å². The molecule has 2 amide bonds. The van der Waals surface area contributed by atoms with Crippen LogP contribution in [0.1, 0.15) is 59.7 Å². The molecule has 27 heavy (non-hydrogen) atoms. The minimum atomic E-state index is -0.372. The summed E-state index contributed by atoms with van der Waals surface area (Å²) >= 11 is 2.87. The number of furan rings is 1. The fraction of sp³-hybridized carbons (Fsp3) is 0.333. The molecule has 7 nitrogen and oxygen atoms in total. The SMILES string of the molecule is CC(C)c1nc(C(C)NC(=O)Cc2csc(NC(=O)c3ccco3)n2)cs1. The summed E-state index contributed by atoms with van der Waals surface area (Å²) in [5.74, 6) is 0.0677. The number of thiazole rings is 2. The molecule has 0 spiro atoms. The Balaban J connectivity index is 1.53. The summed E-state index contributed by atoms with van der Waals surface area (Å²) in [4.78, 5) is 33.1. The Morgan fingerprint density at radius 2 is 2.00 bits per heavy atom. The van der Waals surface area contributed by atoms with E-state index in [0.717, 1.165) is 10.7 Å². The van der Waals surface area contributed by atoms with E-state index in [1.54, 1.807) is 28.8 Å². The molecule has 3 rings (SSSR count). The molecule has 3 aromatic heterocycles. The minimum Gasteiger partial charge on any atom is -0.459 e. The molecule has 3 aromatic rings. The smallest absolute Gasteiger partial charge is 0.293 e. The molecule has 0 saturated carbocycles. The molecule has 3 heterocycles. The summed E-state index contributed by atoms with van der Waals surface area (Å²) in [5.41, 5.74) is 1.46. The van der Waals surface area contributed by atoms with Crippen LogP contribution >= 0.6 is 22.7 Å². The largest absolute Gasteiger partial charge is 0.459 e. The molecule has 0 saturated heterocycles. The molecule has 0 radical (unpaired) electrons. The highest BCUT2D eigenvalue weighted by atomic mass is 32.1. The topological polar surface area (TPSA) is 97.1 Å². The molecule has 0 aromatic carbocycles. The molecule has 0 aliphatic heterocycles. The first-order chi connectivity index (χ1) is 12.9. The molecule has 0 fully saturated rings. The maximum atomic E-state index is 12.3. The van der Waals surface area contributed by atoms with Gasteiger partial charge in [-0.05, 0) is 19.1 Å². The van der Waals surface area contributed by atoms with E-state index < -0.39 is 0 Å². The van der Waals surface area contributed by atoms with Crippen LogP contribution in [0.4, 0.5) is 5.13 Å². The number of anilines is 1. The molecule has 1 atom stereocenters. The highest BCUT2D eigenvalue weighted by Gasteiger charge is 2.16. The zero-order chi connectivity index (χ0) is 19.4. The Morgan fingerprint density at radius 1 is 1.19 bits per heavy atom. The lowest BCUT2D eigenvalue weighted by molar-refractivity contribution is -0.121. The third kappa shape index (κ3) is 5.01. The summed E-state index contributed by atoms with van der Waals surface area (Å²) in [7, 11) is 0. The molecular weight excluding hydrogens is 384 g/mol. The van der Waals surface area contributed by atoms with Gasteiger partial charge in [0.1, 0.15) is 0 Å². The number of hydrogen-bond donors (Lipinski definition) is 2. The van der Waals surface area contributed by atoms with Gasteiger partial charge in [-0.1, -0.05) is 13.8 Å². The van der Waals surface area contributed by atoms with E-state index in [-0.39, 0.29) is 30.0 Å². The van der Waals surface area contributed by atoms with Crippen molar-refractivity contribution in [1.29, 1.82) is 0 Å². The second-order valence-corrected chi connectivity index (χ2v) is 8.05. The average molecular weight is 405 g/mol. The number of aromatic nitrogens is 2. The monoisotopic (exact) mass is 404 g/mol. The Labute approximate surface area is 164 Å². The van der Waals surface area contributed by atoms with Crippen LogP contribution in [0, 0.1) is 0 Å². The fourth-order valence-electron chi connectivity index (χ4n) is 2.31. The number of rotatable bonds is 7. The van der Waals surface area contributed by atoms with Crippen molar-refractivity contribution in [2.45, 2.75) is 39.2 Å². The lowest BCUT2D eigenvalue weighted by atomic mass is 10.2. The molecule has 0 aliphatic carbocycles. The van der Waals surface area contributed by atoms with Crippen LogP contribution in [-0.2, 0) is 11.2 Å². The summed E-state index contributed by atoms with van der Waals surface area (Å²) in [6.45, 7) is 6.10. The Bertz CT molecular complexity index is 915. The number of carbonyl (C=O) groups excluding carboxylic acids is 2. The van der Waals surface area contributed by atoms with E-state index in [2.05, 4.69) is 34.4 Å². The van der Waals surface area contributed by atoms with E-state index in [4.69, 9.17) is 4.42 Å². The molecule has 2 N–H and O–H groups in total. The van der Waals surface area contributed by atoms with Crippen molar-refractivity contribution in [3.05, 3.63) is 51.3 Å². The number of hydrogen-bond acceptors (Lipinski definition) is 7. The third-order valence-corrected chi connectivity index (χ3v) is 5.68. The van der Waals surface area contributed by atoms with E-state index >= 15 is 0 Å². The highest BCUT2D eigenvalue weighted by Crippen LogP contribution is 2.23. The maximum absolute atomic E-state index is 12.3. The first-order valence-electron chi connectivity index (χ1n) is 8.46. The van der Waals surface area contributed by atoms with Crippen LogP contribution in [0.2, 0.25) is 0 Å². The minimum absolute atomic E-state index is 0.138. The van der Waals surface area contributed by atoms with Gasteiger partial charge in [-0.3, -0.25) is 14.9 Å². The van der Waals surface area contributed by atoms with Crippen LogP contribution in [-0.4, -0.2) is 21.8 Å². The van der Waals surface area contributed by atoms with Crippen LogP contribution in [0.3, 0.4) is 0 Å². The van der Waals surface area contributed by atoms with Crippen molar-refractivity contribution < 1.29 is 14.0 Å². The van der Waals surface area contributed by atoms with Gasteiger partial charge in [-0.2, -0.15) is 0 Å². The van der Waals surface area contributed by atoms with E-state index in [9.17, 15) is 9.59 Å². The quantitative estimate of drug-likeness (QED) is 0.621. The summed E-state index contributed by atoms with van der Waals surface area (Å²) in [5, 5.41) is 10.8. The predicted octanol–water partition coefficient (Wildman–Crippen LogP) is 3.99. The Morgan fingerprint density at radius 3 is 2.67 bits per heavy atom. The highest BCUT2D eigenvalue weighted by molar-refractivity contribution is 7.14. The van der Waals surface area contributed by atoms with Crippen molar-refractivity contribution in [2.75, 3.05) is 5.32 Å². The molecule has 9 heteroatoms. The normalized spacial score (nSPS) is 12.1. The molecule has 0 aliphatic rings. The zero-order valence-electron chi connectivity index (χ0n) is 15.2. The van der Waals surface area contributed by atoms with Crippen molar-refractivity contribution in [2.24, 2.45) is 0 Å². The van der Waals surface area contributed by atoms with Crippen LogP contribution in [0.25, 0.3) is 0 Å². The van der Waals surface area contributed by atoms with Gasteiger partial charge in [0, 0.05) is 16.7 Å². The lowest BCUT2D eigenvalue weighted by Crippen LogP contribution is -2.28. The van der Waals surface area contributed by atoms with Gasteiger partial charge in [-0.25, -0.2) is 9.97 Å². The first kappa shape index (κ1) is 19.2. The van der Waals surface area contributed by atoms with Crippen LogP contribution < -0.4 is 10.6 Å². The number of nitrogens with zero attached hydrogens (tertiary/aromatic N) is 2. The van der Waals surface area contributed by atoms with Gasteiger partial charge in [0.25, 0.3) is 5.91 Å². The molecule has 0 bridgehead atoms. The number of nitrogens with one attached hydrogen (secondary N) is 2. The van der Waals surface area contributed by atoms with Crippen molar-refractivity contribution in [1.82, 2.24) is 15.3 Å². The van der Waals surface area contributed by atoms with Gasteiger partial charge in [0.15, 0.2) is 10.9 Å². The number of carbonyl (C=O) groups is 2. The molecule has 142 valence electrons. The Hall–Kier alpha value is -2.52. The summed E-state index contributed by atoms with van der Waals surface area (Å²) < 4.78 is 5.04. The molecular formula is C18H20N4O3S2. The Kier molecular flexibility index (Phi) is 6.02. The zero-order valence-corrected chi connectivity index (χ0v) is 16.8. The summed E-state index contributed by atoms with van der Waals surface area (Å²) in [6, 6.07) is 3.04. The van der Waals surface area contributed by atoms with Crippen molar-refractivity contribution in [3.63, 3.8) is 0 Å². The van der Waals surface area contributed by atoms with Crippen molar-refractivity contribution >= 4 is 39.6 Å². The standard InChI is InChI=1S/C18H20N4O3S2/c1-10(2)17-21-13(9-26-17)11(3)19-15(23)7-12-8-27-18(20-12)22-16(24)14-5-4-6-25-14/h4-6,8-11H,7H2,1-3H3,(H,19,23)(H,20,22,24). The van der Waals surface area contributed by atoms with Gasteiger partial charge < -0.3 is 9.73 Å². The second kappa shape index (κ2) is 8.45. The number of amides is 2. The predicted molar refractivity (Wildman–Crippen MR) is 105 cm³/mol. The fourth-order valence-corrected chi connectivity index (χ4v) is 3.94. The van der Waals surface area contributed by atoms with Gasteiger partial charge in [0.05, 0.1) is 35.1 Å². The van der Waals surface area contributed by atoms with Gasteiger partial charge in [-0.15, -0.1) is 22.7 Å². The van der Waals surface area contributed by atoms with Gasteiger partial charge in [0.2, 0.25) is 5.91 Å². The summed E-state index contributed by atoms with van der Waals surface area (Å²) in [6.07, 6.45) is 1.57. The van der Waals surface area contributed by atoms with Crippen LogP contribution in [0.5, 0.6) is 0 Å². The van der Waals surface area contributed by atoms with Gasteiger partial charge >= 0.3 is 0 Å². The average Bonchev–Trinajstić information content (AvgIpc) is 3.36. The molecule has 1 unspecified atom stereocenters. The van der Waals surface area contributed by atoms with E-state index in [1.165, 1.54) is 17.6 Å². The second-order valence-electron chi connectivity index (χ2n) is 6.31. The first-order valence-corrected chi connectivity index (χ1v) is 10.2. The maximum Gasteiger partial charge on any atom is 0.293 e.